The van der Waals surface area contributed by atoms with Crippen LogP contribution in [0.15, 0.2) is 85.1 Å². The Morgan fingerprint density at radius 3 is 2.47 bits per heavy atom. The normalized spacial score (nSPS) is 17.3. The van der Waals surface area contributed by atoms with Crippen LogP contribution < -0.4 is 21.6 Å². The number of pyridine rings is 2. The number of aromatic nitrogens is 2. The van der Waals surface area contributed by atoms with Gasteiger partial charge in [-0.05, 0) is 69.9 Å². The fraction of sp³-hybridized carbons (Fsp3) is 0.343. The van der Waals surface area contributed by atoms with Crippen molar-refractivity contribution in [1.29, 1.82) is 5.26 Å². The van der Waals surface area contributed by atoms with Crippen molar-refractivity contribution in [2.24, 2.45) is 0 Å². The number of hydrogen-bond donors (Lipinski definition) is 4. The zero-order chi connectivity index (χ0) is 31.6. The molecule has 0 bridgehead atoms. The Balaban J connectivity index is 1.31. The van der Waals surface area contributed by atoms with Crippen molar-refractivity contribution in [2.45, 2.75) is 64.2 Å². The van der Waals surface area contributed by atoms with Gasteiger partial charge < -0.3 is 16.1 Å². The highest BCUT2D eigenvalue weighted by atomic mass is 35.5. The van der Waals surface area contributed by atoms with E-state index < -0.39 is 0 Å². The maximum Gasteiger partial charge on any atom is 0.103 e. The molecule has 0 spiro atoms. The Kier molecular flexibility index (Phi) is 8.81. The molecule has 2 atom stereocenters. The lowest BCUT2D eigenvalue weighted by Gasteiger charge is -2.42. The van der Waals surface area contributed by atoms with Crippen LogP contribution in [0.1, 0.15) is 69.3 Å². The molecule has 10 heteroatoms. The molecule has 1 saturated heterocycles. The Labute approximate surface area is 270 Å². The van der Waals surface area contributed by atoms with E-state index >= 15 is 0 Å². The monoisotopic (exact) mass is 621 g/mol. The molecule has 4 N–H and O–H groups in total. The molecule has 4 aromatic rings. The van der Waals surface area contributed by atoms with Crippen LogP contribution in [0.2, 0.25) is 5.02 Å². The summed E-state index contributed by atoms with van der Waals surface area (Å²) in [6, 6.07) is 20.5. The number of nitrogens with zero attached hydrogens (tertiary/aromatic N) is 5. The summed E-state index contributed by atoms with van der Waals surface area (Å²) in [4.78, 5) is 11.5. The highest BCUT2D eigenvalue weighted by molar-refractivity contribution is 6.35. The van der Waals surface area contributed by atoms with Crippen LogP contribution in [0.5, 0.6) is 0 Å². The van der Waals surface area contributed by atoms with Gasteiger partial charge in [-0.3, -0.25) is 19.9 Å². The molecule has 0 aliphatic carbocycles. The van der Waals surface area contributed by atoms with Gasteiger partial charge in [-0.25, -0.2) is 0 Å². The second-order valence-electron chi connectivity index (χ2n) is 12.8. The smallest absolute Gasteiger partial charge is 0.103 e. The van der Waals surface area contributed by atoms with Gasteiger partial charge in [0.1, 0.15) is 6.07 Å². The van der Waals surface area contributed by atoms with Crippen molar-refractivity contribution in [3.8, 4) is 6.07 Å². The van der Waals surface area contributed by atoms with Crippen molar-refractivity contribution < 1.29 is 0 Å². The lowest BCUT2D eigenvalue weighted by atomic mass is 9.98. The number of nitriles is 1. The number of hydrogen-bond acceptors (Lipinski definition) is 9. The third kappa shape index (κ3) is 6.69. The summed E-state index contributed by atoms with van der Waals surface area (Å²) in [7, 11) is 0. The molecule has 0 saturated carbocycles. The average molecular weight is 622 g/mol. The van der Waals surface area contributed by atoms with Crippen LogP contribution in [0.3, 0.4) is 0 Å². The first-order chi connectivity index (χ1) is 21.7. The van der Waals surface area contributed by atoms with Crippen LogP contribution in [0.4, 0.5) is 11.4 Å². The summed E-state index contributed by atoms with van der Waals surface area (Å²) < 4.78 is 0. The molecule has 9 nitrogen and oxygen atoms in total. The van der Waals surface area contributed by atoms with E-state index in [4.69, 9.17) is 11.6 Å². The van der Waals surface area contributed by atoms with Crippen molar-refractivity contribution in [2.75, 3.05) is 23.7 Å². The Morgan fingerprint density at radius 1 is 1.02 bits per heavy atom. The lowest BCUT2D eigenvalue weighted by Crippen LogP contribution is -2.52. The first-order valence-electron chi connectivity index (χ1n) is 15.5. The van der Waals surface area contributed by atoms with E-state index in [-0.39, 0.29) is 17.6 Å². The summed E-state index contributed by atoms with van der Waals surface area (Å²) in [5, 5.41) is 20.7. The van der Waals surface area contributed by atoms with Gasteiger partial charge in [0.15, 0.2) is 0 Å². The maximum atomic E-state index is 10.0. The number of fused-ring (bicyclic) bond motifs is 1. The lowest BCUT2D eigenvalue weighted by molar-refractivity contribution is 0.0570. The van der Waals surface area contributed by atoms with Gasteiger partial charge in [0.05, 0.1) is 33.5 Å². The van der Waals surface area contributed by atoms with Crippen LogP contribution in [0, 0.1) is 11.3 Å². The zero-order valence-corrected chi connectivity index (χ0v) is 26.9. The third-order valence-corrected chi connectivity index (χ3v) is 9.05. The van der Waals surface area contributed by atoms with Crippen molar-refractivity contribution >= 4 is 33.9 Å². The topological polar surface area (TPSA) is 104 Å². The number of rotatable bonds is 8. The number of benzene rings is 2. The first kappa shape index (κ1) is 30.7. The fourth-order valence-corrected chi connectivity index (χ4v) is 6.45. The van der Waals surface area contributed by atoms with Gasteiger partial charge in [-0.15, -0.1) is 5.53 Å². The van der Waals surface area contributed by atoms with E-state index in [1.807, 2.05) is 42.6 Å². The van der Waals surface area contributed by atoms with E-state index in [2.05, 4.69) is 99.6 Å². The van der Waals surface area contributed by atoms with Gasteiger partial charge in [0, 0.05) is 66.6 Å². The first-order valence-corrected chi connectivity index (χ1v) is 15.9. The van der Waals surface area contributed by atoms with Crippen molar-refractivity contribution in [3.63, 3.8) is 0 Å². The minimum atomic E-state index is -0.244. The zero-order valence-electron chi connectivity index (χ0n) is 26.2. The molecular formula is C35H40ClN9. The van der Waals surface area contributed by atoms with Crippen LogP contribution in [0.25, 0.3) is 10.9 Å². The molecule has 0 amide bonds. The summed E-state index contributed by atoms with van der Waals surface area (Å²) in [5.41, 5.74) is 12.7. The third-order valence-electron chi connectivity index (χ3n) is 8.76. The summed E-state index contributed by atoms with van der Waals surface area (Å²) in [5.74, 6) is 0. The molecule has 2 aliphatic heterocycles. The van der Waals surface area contributed by atoms with Crippen LogP contribution in [-0.2, 0) is 0 Å². The molecule has 4 heterocycles. The summed E-state index contributed by atoms with van der Waals surface area (Å²) in [6.45, 7) is 11.1. The van der Waals surface area contributed by atoms with E-state index in [9.17, 15) is 5.26 Å². The highest BCUT2D eigenvalue weighted by Gasteiger charge is 2.32. The number of nitrogens with one attached hydrogen (secondary N) is 4. The van der Waals surface area contributed by atoms with Gasteiger partial charge in [0.25, 0.3) is 0 Å². The predicted octanol–water partition coefficient (Wildman–Crippen LogP) is 6.91. The quantitative estimate of drug-likeness (QED) is 0.167. The minimum absolute atomic E-state index is 0.0393. The molecule has 2 aliphatic rings. The van der Waals surface area contributed by atoms with E-state index in [0.717, 1.165) is 53.8 Å². The number of anilines is 2. The minimum Gasteiger partial charge on any atom is -0.377 e. The summed E-state index contributed by atoms with van der Waals surface area (Å²) in [6.07, 6.45) is 9.54. The van der Waals surface area contributed by atoms with Crippen molar-refractivity contribution in [1.82, 2.24) is 30.8 Å². The number of likely N-dealkylation sites (tertiary alicyclic amines) is 1. The van der Waals surface area contributed by atoms with Crippen molar-refractivity contribution in [3.05, 3.63) is 107 Å². The van der Waals surface area contributed by atoms with Gasteiger partial charge in [0.2, 0.25) is 0 Å². The molecule has 6 rings (SSSR count). The SMILES string of the molecule is C[C@@H](Nc1c(C#N)cnc2c(Cl)cc(N[C@H](C3=CN(C4CCN(C(C)(C)C)CC4)NN3)c3cccnc3)cc12)c1ccccc1. The molecule has 0 unspecified atom stereocenters. The Morgan fingerprint density at radius 2 is 1.78 bits per heavy atom. The second kappa shape index (κ2) is 12.9. The second-order valence-corrected chi connectivity index (χ2v) is 13.2. The molecule has 232 valence electrons. The van der Waals surface area contributed by atoms with Crippen LogP contribution in [-0.4, -0.2) is 44.5 Å². The molecule has 1 fully saturated rings. The van der Waals surface area contributed by atoms with Gasteiger partial charge in [-0.1, -0.05) is 48.0 Å². The highest BCUT2D eigenvalue weighted by Crippen LogP contribution is 2.37. The summed E-state index contributed by atoms with van der Waals surface area (Å²) >= 11 is 6.86. The van der Waals surface area contributed by atoms with Gasteiger partial charge in [-0.2, -0.15) is 5.26 Å². The number of piperidine rings is 1. The van der Waals surface area contributed by atoms with Gasteiger partial charge >= 0.3 is 0 Å². The Bertz CT molecular complexity index is 1700. The molecular weight excluding hydrogens is 582 g/mol. The van der Waals surface area contributed by atoms with E-state index in [0.29, 0.717) is 27.8 Å². The number of halogens is 1. The maximum absolute atomic E-state index is 10.0. The van der Waals surface area contributed by atoms with E-state index in [1.54, 1.807) is 12.4 Å². The largest absolute Gasteiger partial charge is 0.377 e. The molecule has 45 heavy (non-hydrogen) atoms. The van der Waals surface area contributed by atoms with E-state index in [1.165, 1.54) is 0 Å². The number of hydrazine groups is 2. The van der Waals surface area contributed by atoms with Crippen LogP contribution >= 0.6 is 11.6 Å². The fourth-order valence-electron chi connectivity index (χ4n) is 6.18. The average Bonchev–Trinajstić information content (AvgIpc) is 3.54. The standard InChI is InChI=1S/C35H40ClN9/c1-23(24-9-6-5-7-10-24)40-32-26(19-37)21-39-34-29(32)17-27(18-30(34)36)41-33(25-11-8-14-38-20-25)31-22-45(43-42-31)28-12-15-44(16-13-28)35(2,3)4/h5-11,14,17-18,20-23,28,33,41-43H,12-13,15-16H2,1-4H3,(H,39,40)/t23-,33+/m1/s1. The predicted molar refractivity (Wildman–Crippen MR) is 181 cm³/mol. The molecule has 2 aromatic heterocycles. The Hall–Kier alpha value is -4.36. The molecule has 2 aromatic carbocycles. The molecule has 0 radical (unpaired) electrons.